The van der Waals surface area contributed by atoms with Crippen molar-refractivity contribution in [2.24, 2.45) is 0 Å². The van der Waals surface area contributed by atoms with Gasteiger partial charge < -0.3 is 19.8 Å². The molecule has 1 aromatic rings. The van der Waals surface area contributed by atoms with E-state index in [1.54, 1.807) is 0 Å². The molecule has 4 rings (SSSR count). The van der Waals surface area contributed by atoms with Crippen molar-refractivity contribution in [2.45, 2.75) is 32.4 Å². The Bertz CT molecular complexity index is 655. The van der Waals surface area contributed by atoms with Gasteiger partial charge in [0.2, 0.25) is 0 Å². The van der Waals surface area contributed by atoms with E-state index in [4.69, 9.17) is 4.98 Å². The van der Waals surface area contributed by atoms with Crippen molar-refractivity contribution < 1.29 is 5.11 Å². The van der Waals surface area contributed by atoms with E-state index in [1.165, 1.54) is 18.4 Å². The number of hydrogen-bond donors (Lipinski definition) is 1. The molecule has 0 aromatic carbocycles. The van der Waals surface area contributed by atoms with Crippen molar-refractivity contribution in [1.29, 1.82) is 0 Å². The number of anilines is 3. The summed E-state index contributed by atoms with van der Waals surface area (Å²) in [6.45, 7) is 9.59. The van der Waals surface area contributed by atoms with Crippen LogP contribution >= 0.6 is 0 Å². The SMILES string of the molecule is CC(C)N1CCN2c3ncc(N4CCC4)cc3N(C)/C(=C/O)[C@H]2C1. The van der Waals surface area contributed by atoms with Gasteiger partial charge in [0.1, 0.15) is 6.26 Å². The van der Waals surface area contributed by atoms with E-state index in [0.29, 0.717) is 6.04 Å². The lowest BCUT2D eigenvalue weighted by Crippen LogP contribution is -2.59. The summed E-state index contributed by atoms with van der Waals surface area (Å²) in [5, 5.41) is 9.91. The van der Waals surface area contributed by atoms with E-state index in [9.17, 15) is 5.11 Å². The molecule has 1 atom stereocenters. The van der Waals surface area contributed by atoms with E-state index < -0.39 is 0 Å². The second kappa shape index (κ2) is 5.84. The number of rotatable bonds is 2. The lowest BCUT2D eigenvalue weighted by Gasteiger charge is -2.50. The molecular formula is C18H27N5O. The maximum absolute atomic E-state index is 9.91. The second-order valence-electron chi connectivity index (χ2n) is 7.29. The summed E-state index contributed by atoms with van der Waals surface area (Å²) >= 11 is 0. The van der Waals surface area contributed by atoms with Crippen LogP contribution in [-0.2, 0) is 0 Å². The first kappa shape index (κ1) is 15.6. The molecule has 2 saturated heterocycles. The molecular weight excluding hydrogens is 302 g/mol. The molecule has 24 heavy (non-hydrogen) atoms. The molecule has 3 aliphatic heterocycles. The third-order valence-corrected chi connectivity index (χ3v) is 5.69. The minimum Gasteiger partial charge on any atom is -0.514 e. The van der Waals surface area contributed by atoms with Crippen LogP contribution in [-0.4, -0.2) is 66.8 Å². The molecule has 0 radical (unpaired) electrons. The largest absolute Gasteiger partial charge is 0.514 e. The number of aliphatic hydroxyl groups is 1. The Balaban J connectivity index is 1.71. The number of aliphatic hydroxyl groups excluding tert-OH is 1. The zero-order valence-corrected chi connectivity index (χ0v) is 14.8. The summed E-state index contributed by atoms with van der Waals surface area (Å²) < 4.78 is 0. The maximum Gasteiger partial charge on any atom is 0.153 e. The number of fused-ring (bicyclic) bond motifs is 3. The van der Waals surface area contributed by atoms with Crippen LogP contribution in [0.5, 0.6) is 0 Å². The molecule has 2 fully saturated rings. The Morgan fingerprint density at radius 3 is 2.67 bits per heavy atom. The molecule has 0 bridgehead atoms. The summed E-state index contributed by atoms with van der Waals surface area (Å²) in [6, 6.07) is 2.89. The topological polar surface area (TPSA) is 46.1 Å². The number of pyridine rings is 1. The third-order valence-electron chi connectivity index (χ3n) is 5.69. The predicted octanol–water partition coefficient (Wildman–Crippen LogP) is 2.04. The molecule has 1 aromatic heterocycles. The van der Waals surface area contributed by atoms with Crippen LogP contribution in [0.2, 0.25) is 0 Å². The fraction of sp³-hybridized carbons (Fsp3) is 0.611. The van der Waals surface area contributed by atoms with Crippen LogP contribution < -0.4 is 14.7 Å². The monoisotopic (exact) mass is 329 g/mol. The van der Waals surface area contributed by atoms with Gasteiger partial charge in [-0.15, -0.1) is 0 Å². The highest BCUT2D eigenvalue weighted by molar-refractivity contribution is 5.78. The highest BCUT2D eigenvalue weighted by atomic mass is 16.2. The minimum absolute atomic E-state index is 0.158. The molecule has 6 heteroatoms. The Hall–Kier alpha value is -1.95. The molecule has 0 aliphatic carbocycles. The van der Waals surface area contributed by atoms with E-state index >= 15 is 0 Å². The molecule has 3 aliphatic rings. The van der Waals surface area contributed by atoms with Crippen LogP contribution in [0.4, 0.5) is 17.2 Å². The summed E-state index contributed by atoms with van der Waals surface area (Å²) in [4.78, 5) is 14.1. The Morgan fingerprint density at radius 1 is 1.25 bits per heavy atom. The van der Waals surface area contributed by atoms with Gasteiger partial charge >= 0.3 is 0 Å². The highest BCUT2D eigenvalue weighted by Gasteiger charge is 2.39. The summed E-state index contributed by atoms with van der Waals surface area (Å²) in [5.74, 6) is 1.04. The normalized spacial score (nSPS) is 25.8. The van der Waals surface area contributed by atoms with Crippen molar-refractivity contribution in [2.75, 3.05) is 54.5 Å². The van der Waals surface area contributed by atoms with Crippen molar-refractivity contribution in [1.82, 2.24) is 9.88 Å². The van der Waals surface area contributed by atoms with Gasteiger partial charge in [-0.25, -0.2) is 4.98 Å². The predicted molar refractivity (Wildman–Crippen MR) is 98.0 cm³/mol. The molecule has 130 valence electrons. The standard InChI is InChI=1S/C18H27N5O/c1-13(2)22-7-8-23-16(11-22)17(12-24)20(3)15-9-14(10-19-18(15)23)21-5-4-6-21/h9-10,12-13,16,24H,4-8,11H2,1-3H3/b17-12+/t16-/m1/s1. The number of nitrogens with zero attached hydrogens (tertiary/aromatic N) is 5. The van der Waals surface area contributed by atoms with Crippen molar-refractivity contribution >= 4 is 17.2 Å². The fourth-order valence-corrected chi connectivity index (χ4v) is 3.97. The fourth-order valence-electron chi connectivity index (χ4n) is 3.97. The average molecular weight is 329 g/mol. The van der Waals surface area contributed by atoms with Crippen molar-refractivity contribution in [3.63, 3.8) is 0 Å². The summed E-state index contributed by atoms with van der Waals surface area (Å²) in [6.07, 6.45) is 4.54. The van der Waals surface area contributed by atoms with Crippen LogP contribution in [0.3, 0.4) is 0 Å². The van der Waals surface area contributed by atoms with E-state index in [2.05, 4.69) is 39.5 Å². The lowest BCUT2D eigenvalue weighted by atomic mass is 10.0. The Labute approximate surface area is 144 Å². The van der Waals surface area contributed by atoms with E-state index in [1.807, 2.05) is 13.2 Å². The van der Waals surface area contributed by atoms with Gasteiger partial charge in [-0.2, -0.15) is 0 Å². The highest BCUT2D eigenvalue weighted by Crippen LogP contribution is 2.41. The molecule has 0 spiro atoms. The smallest absolute Gasteiger partial charge is 0.153 e. The first-order chi connectivity index (χ1) is 11.6. The minimum atomic E-state index is 0.158. The molecule has 1 N–H and O–H groups in total. The molecule has 4 heterocycles. The van der Waals surface area contributed by atoms with Gasteiger partial charge in [-0.3, -0.25) is 4.90 Å². The van der Waals surface area contributed by atoms with Crippen molar-refractivity contribution in [3.8, 4) is 0 Å². The van der Waals surface area contributed by atoms with E-state index in [0.717, 1.165) is 49.9 Å². The van der Waals surface area contributed by atoms with Gasteiger partial charge in [-0.1, -0.05) is 0 Å². The summed E-state index contributed by atoms with van der Waals surface area (Å²) in [7, 11) is 2.04. The Morgan fingerprint density at radius 2 is 2.04 bits per heavy atom. The molecule has 0 saturated carbocycles. The van der Waals surface area contributed by atoms with Crippen molar-refractivity contribution in [3.05, 3.63) is 24.2 Å². The van der Waals surface area contributed by atoms with Crippen LogP contribution in [0.15, 0.2) is 24.2 Å². The first-order valence-corrected chi connectivity index (χ1v) is 8.94. The van der Waals surface area contributed by atoms with Crippen LogP contribution in [0.25, 0.3) is 0 Å². The number of aromatic nitrogens is 1. The quantitative estimate of drug-likeness (QED) is 0.838. The van der Waals surface area contributed by atoms with E-state index in [-0.39, 0.29) is 6.04 Å². The zero-order chi connectivity index (χ0) is 16.8. The Kier molecular flexibility index (Phi) is 3.79. The summed E-state index contributed by atoms with van der Waals surface area (Å²) in [5.41, 5.74) is 3.23. The van der Waals surface area contributed by atoms with Crippen LogP contribution in [0.1, 0.15) is 20.3 Å². The van der Waals surface area contributed by atoms with Gasteiger partial charge in [0.15, 0.2) is 5.82 Å². The number of piperazine rings is 1. The van der Waals surface area contributed by atoms with Crippen LogP contribution in [0, 0.1) is 0 Å². The maximum atomic E-state index is 9.91. The second-order valence-corrected chi connectivity index (χ2v) is 7.29. The number of likely N-dealkylation sites (N-methyl/N-ethyl adjacent to an activating group) is 1. The number of hydrogen-bond acceptors (Lipinski definition) is 6. The first-order valence-electron chi connectivity index (χ1n) is 8.94. The van der Waals surface area contributed by atoms with Gasteiger partial charge in [-0.05, 0) is 26.3 Å². The molecule has 0 unspecified atom stereocenters. The lowest BCUT2D eigenvalue weighted by molar-refractivity contribution is 0.186. The zero-order valence-electron chi connectivity index (χ0n) is 14.8. The van der Waals surface area contributed by atoms with Gasteiger partial charge in [0, 0.05) is 45.8 Å². The average Bonchev–Trinajstić information content (AvgIpc) is 2.53. The van der Waals surface area contributed by atoms with Gasteiger partial charge in [0.25, 0.3) is 0 Å². The van der Waals surface area contributed by atoms with Gasteiger partial charge in [0.05, 0.1) is 29.3 Å². The molecule has 0 amide bonds. The molecule has 6 nitrogen and oxygen atoms in total. The third kappa shape index (κ3) is 2.32.